The van der Waals surface area contributed by atoms with E-state index in [9.17, 15) is 0 Å². The molecule has 0 fully saturated rings. The molecule has 0 spiro atoms. The first-order valence-electron chi connectivity index (χ1n) is 4.31. The first kappa shape index (κ1) is 9.69. The van der Waals surface area contributed by atoms with Crippen LogP contribution in [0.15, 0.2) is 30.7 Å². The molecule has 0 aliphatic heterocycles. The summed E-state index contributed by atoms with van der Waals surface area (Å²) in [7, 11) is 0. The second-order valence-electron chi connectivity index (χ2n) is 2.96. The first-order chi connectivity index (χ1) is 7.29. The highest BCUT2D eigenvalue weighted by Crippen LogP contribution is 2.09. The quantitative estimate of drug-likeness (QED) is 0.773. The van der Waals surface area contributed by atoms with Crippen LogP contribution in [0.3, 0.4) is 0 Å². The maximum absolute atomic E-state index is 8.76. The molecule has 4 nitrogen and oxygen atoms in total. The summed E-state index contributed by atoms with van der Waals surface area (Å²) in [6.45, 7) is 0.503. The summed E-state index contributed by atoms with van der Waals surface area (Å²) in [6.07, 6.45) is 4.96. The largest absolute Gasteiger partial charge is 0.317 e. The molecule has 2 heterocycles. The SMILES string of the molecule is N#Cc1nccn1Cc1cc(Cl)ccn1. The van der Waals surface area contributed by atoms with Crippen LogP contribution in [-0.4, -0.2) is 14.5 Å². The highest BCUT2D eigenvalue weighted by Gasteiger charge is 2.02. The van der Waals surface area contributed by atoms with Gasteiger partial charge in [-0.1, -0.05) is 11.6 Å². The van der Waals surface area contributed by atoms with Gasteiger partial charge in [0.15, 0.2) is 0 Å². The van der Waals surface area contributed by atoms with E-state index in [0.717, 1.165) is 5.69 Å². The number of halogens is 1. The minimum absolute atomic E-state index is 0.372. The zero-order chi connectivity index (χ0) is 10.7. The van der Waals surface area contributed by atoms with Gasteiger partial charge in [0.2, 0.25) is 5.82 Å². The smallest absolute Gasteiger partial charge is 0.213 e. The van der Waals surface area contributed by atoms with Gasteiger partial charge in [0, 0.05) is 23.6 Å². The van der Waals surface area contributed by atoms with Crippen LogP contribution in [0.1, 0.15) is 11.5 Å². The molecular weight excluding hydrogens is 212 g/mol. The third-order valence-electron chi connectivity index (χ3n) is 1.93. The van der Waals surface area contributed by atoms with Gasteiger partial charge in [0.05, 0.1) is 12.2 Å². The number of hydrogen-bond donors (Lipinski definition) is 0. The predicted molar refractivity (Wildman–Crippen MR) is 55.3 cm³/mol. The second kappa shape index (κ2) is 4.11. The summed E-state index contributed by atoms with van der Waals surface area (Å²) >= 11 is 5.83. The van der Waals surface area contributed by atoms with E-state index in [-0.39, 0.29) is 0 Å². The third kappa shape index (κ3) is 2.14. The van der Waals surface area contributed by atoms with Gasteiger partial charge >= 0.3 is 0 Å². The fourth-order valence-electron chi connectivity index (χ4n) is 1.26. The van der Waals surface area contributed by atoms with Gasteiger partial charge in [0.1, 0.15) is 6.07 Å². The topological polar surface area (TPSA) is 54.5 Å². The molecule has 2 aromatic heterocycles. The van der Waals surface area contributed by atoms with Crippen molar-refractivity contribution in [2.45, 2.75) is 6.54 Å². The van der Waals surface area contributed by atoms with E-state index in [1.54, 1.807) is 35.3 Å². The van der Waals surface area contributed by atoms with Crippen LogP contribution in [0, 0.1) is 11.3 Å². The molecule has 0 saturated carbocycles. The Morgan fingerprint density at radius 2 is 2.27 bits per heavy atom. The Labute approximate surface area is 91.8 Å². The van der Waals surface area contributed by atoms with Crippen molar-refractivity contribution in [3.63, 3.8) is 0 Å². The zero-order valence-corrected chi connectivity index (χ0v) is 8.52. The van der Waals surface area contributed by atoms with Crippen molar-refractivity contribution in [1.82, 2.24) is 14.5 Å². The molecule has 0 aliphatic carbocycles. The van der Waals surface area contributed by atoms with E-state index < -0.39 is 0 Å². The van der Waals surface area contributed by atoms with Crippen LogP contribution in [0.2, 0.25) is 5.02 Å². The van der Waals surface area contributed by atoms with Crippen LogP contribution in [0.4, 0.5) is 0 Å². The average Bonchev–Trinajstić information content (AvgIpc) is 2.65. The second-order valence-corrected chi connectivity index (χ2v) is 3.39. The summed E-state index contributed by atoms with van der Waals surface area (Å²) in [6, 6.07) is 5.48. The lowest BCUT2D eigenvalue weighted by Gasteiger charge is -2.02. The highest BCUT2D eigenvalue weighted by atomic mass is 35.5. The van der Waals surface area contributed by atoms with Gasteiger partial charge in [-0.05, 0) is 12.1 Å². The molecule has 74 valence electrons. The molecule has 0 bridgehead atoms. The van der Waals surface area contributed by atoms with Crippen molar-refractivity contribution < 1.29 is 0 Å². The summed E-state index contributed by atoms with van der Waals surface area (Å²) in [4.78, 5) is 8.04. The Morgan fingerprint density at radius 3 is 3.00 bits per heavy atom. The standard InChI is InChI=1S/C10H7ClN4/c11-8-1-2-13-9(5-8)7-15-4-3-14-10(15)6-12/h1-5H,7H2. The van der Waals surface area contributed by atoms with Crippen LogP contribution >= 0.6 is 11.6 Å². The Hall–Kier alpha value is -1.86. The van der Waals surface area contributed by atoms with Gasteiger partial charge in [-0.2, -0.15) is 5.26 Å². The normalized spacial score (nSPS) is 9.87. The minimum Gasteiger partial charge on any atom is -0.317 e. The predicted octanol–water partition coefficient (Wildman–Crippen LogP) is 1.85. The monoisotopic (exact) mass is 218 g/mol. The third-order valence-corrected chi connectivity index (χ3v) is 2.16. The van der Waals surface area contributed by atoms with Crippen LogP contribution in [-0.2, 0) is 6.54 Å². The molecule has 5 heteroatoms. The molecule has 2 aromatic rings. The molecule has 15 heavy (non-hydrogen) atoms. The van der Waals surface area contributed by atoms with Gasteiger partial charge in [-0.25, -0.2) is 4.98 Å². The van der Waals surface area contributed by atoms with Crippen molar-refractivity contribution >= 4 is 11.6 Å². The van der Waals surface area contributed by atoms with E-state index >= 15 is 0 Å². The number of rotatable bonds is 2. The molecule has 0 saturated heterocycles. The van der Waals surface area contributed by atoms with Gasteiger partial charge in [0.25, 0.3) is 0 Å². The summed E-state index contributed by atoms with van der Waals surface area (Å²) in [5.74, 6) is 0.372. The number of nitriles is 1. The van der Waals surface area contributed by atoms with Crippen molar-refractivity contribution in [1.29, 1.82) is 5.26 Å². The Bertz CT molecular complexity index is 512. The number of imidazole rings is 1. The fraction of sp³-hybridized carbons (Fsp3) is 0.100. The lowest BCUT2D eigenvalue weighted by molar-refractivity contribution is 0.760. The molecule has 0 unspecified atom stereocenters. The Morgan fingerprint density at radius 1 is 1.40 bits per heavy atom. The van der Waals surface area contributed by atoms with Crippen LogP contribution < -0.4 is 0 Å². The van der Waals surface area contributed by atoms with Crippen molar-refractivity contribution in [2.24, 2.45) is 0 Å². The number of hydrogen-bond acceptors (Lipinski definition) is 3. The van der Waals surface area contributed by atoms with E-state index in [2.05, 4.69) is 9.97 Å². The van der Waals surface area contributed by atoms with Gasteiger partial charge in [-0.15, -0.1) is 0 Å². The van der Waals surface area contributed by atoms with Gasteiger partial charge < -0.3 is 4.57 Å². The molecule has 0 N–H and O–H groups in total. The molecule has 0 aliphatic rings. The zero-order valence-electron chi connectivity index (χ0n) is 7.76. The molecule has 0 aromatic carbocycles. The minimum atomic E-state index is 0.372. The first-order valence-corrected chi connectivity index (χ1v) is 4.69. The maximum atomic E-state index is 8.76. The fourth-order valence-corrected chi connectivity index (χ4v) is 1.44. The maximum Gasteiger partial charge on any atom is 0.213 e. The van der Waals surface area contributed by atoms with Crippen molar-refractivity contribution in [3.05, 3.63) is 47.3 Å². The van der Waals surface area contributed by atoms with Crippen LogP contribution in [0.5, 0.6) is 0 Å². The lowest BCUT2D eigenvalue weighted by atomic mass is 10.3. The molecule has 0 amide bonds. The number of aromatic nitrogens is 3. The molecular formula is C10H7ClN4. The highest BCUT2D eigenvalue weighted by molar-refractivity contribution is 6.30. The molecule has 2 rings (SSSR count). The van der Waals surface area contributed by atoms with E-state index in [4.69, 9.17) is 16.9 Å². The Kier molecular flexibility index (Phi) is 2.66. The van der Waals surface area contributed by atoms with Crippen molar-refractivity contribution in [3.8, 4) is 6.07 Å². The number of pyridine rings is 1. The van der Waals surface area contributed by atoms with Gasteiger partial charge in [-0.3, -0.25) is 4.98 Å². The van der Waals surface area contributed by atoms with Crippen molar-refractivity contribution in [2.75, 3.05) is 0 Å². The molecule has 0 atom stereocenters. The van der Waals surface area contributed by atoms with E-state index in [1.165, 1.54) is 0 Å². The van der Waals surface area contributed by atoms with E-state index in [0.29, 0.717) is 17.4 Å². The Balaban J connectivity index is 2.26. The van der Waals surface area contributed by atoms with Crippen LogP contribution in [0.25, 0.3) is 0 Å². The average molecular weight is 219 g/mol. The number of nitrogens with zero attached hydrogens (tertiary/aromatic N) is 4. The lowest BCUT2D eigenvalue weighted by Crippen LogP contribution is -2.03. The summed E-state index contributed by atoms with van der Waals surface area (Å²) in [5.41, 5.74) is 0.803. The van der Waals surface area contributed by atoms with E-state index in [1.807, 2.05) is 6.07 Å². The summed E-state index contributed by atoms with van der Waals surface area (Å²) < 4.78 is 1.72. The summed E-state index contributed by atoms with van der Waals surface area (Å²) in [5, 5.41) is 9.40. The molecule has 0 radical (unpaired) electrons.